The quantitative estimate of drug-likeness (QED) is 0.818. The van der Waals surface area contributed by atoms with Crippen molar-refractivity contribution in [3.63, 3.8) is 0 Å². The topological polar surface area (TPSA) is 24.9 Å². The van der Waals surface area contributed by atoms with E-state index < -0.39 is 0 Å². The van der Waals surface area contributed by atoms with Crippen LogP contribution in [0.4, 0.5) is 0 Å². The van der Waals surface area contributed by atoms with E-state index in [9.17, 15) is 0 Å². The first-order valence-corrected chi connectivity index (χ1v) is 8.31. The van der Waals surface area contributed by atoms with Gasteiger partial charge in [-0.1, -0.05) is 30.7 Å². The molecule has 0 aliphatic rings. The smallest absolute Gasteiger partial charge is 0.0797 e. The van der Waals surface area contributed by atoms with Gasteiger partial charge in [0.2, 0.25) is 0 Å². The molecule has 0 aliphatic heterocycles. The van der Waals surface area contributed by atoms with Crippen LogP contribution in [0.2, 0.25) is 5.02 Å². The summed E-state index contributed by atoms with van der Waals surface area (Å²) >= 11 is 7.88. The molecule has 1 aromatic carbocycles. The van der Waals surface area contributed by atoms with Gasteiger partial charge in [-0.05, 0) is 49.9 Å². The van der Waals surface area contributed by atoms with E-state index in [2.05, 4.69) is 36.3 Å². The second-order valence-corrected chi connectivity index (χ2v) is 6.33. The van der Waals surface area contributed by atoms with Gasteiger partial charge in [0.25, 0.3) is 0 Å². The first-order valence-electron chi connectivity index (χ1n) is 7.05. The van der Waals surface area contributed by atoms with Crippen LogP contribution in [0.3, 0.4) is 0 Å². The maximum absolute atomic E-state index is 6.12. The lowest BCUT2D eigenvalue weighted by atomic mass is 9.93. The molecular formula is C16H21ClN2S. The van der Waals surface area contributed by atoms with E-state index in [0.29, 0.717) is 5.92 Å². The summed E-state index contributed by atoms with van der Waals surface area (Å²) in [5, 5.41) is 4.27. The summed E-state index contributed by atoms with van der Waals surface area (Å²) in [7, 11) is 0. The lowest BCUT2D eigenvalue weighted by Crippen LogP contribution is -2.21. The Kier molecular flexibility index (Phi) is 6.02. The Bertz CT molecular complexity index is 539. The maximum atomic E-state index is 6.12. The first-order chi connectivity index (χ1) is 9.70. The lowest BCUT2D eigenvalue weighted by molar-refractivity contribution is 0.563. The van der Waals surface area contributed by atoms with Crippen molar-refractivity contribution >= 4 is 22.9 Å². The third kappa shape index (κ3) is 4.30. The molecule has 0 bridgehead atoms. The normalized spacial score (nSPS) is 12.6. The number of aromatic nitrogens is 1. The fourth-order valence-corrected chi connectivity index (χ4v) is 3.33. The number of hydrogen-bond donors (Lipinski definition) is 1. The minimum atomic E-state index is 0.496. The summed E-state index contributed by atoms with van der Waals surface area (Å²) in [4.78, 5) is 5.72. The molecule has 0 amide bonds. The maximum Gasteiger partial charge on any atom is 0.0797 e. The predicted molar refractivity (Wildman–Crippen MR) is 87.9 cm³/mol. The van der Waals surface area contributed by atoms with E-state index >= 15 is 0 Å². The number of thiazole rings is 1. The second kappa shape index (κ2) is 7.77. The standard InChI is InChI=1S/C16H21ClN2S/c1-3-18-10-14(13-5-4-6-15(17)9-13)7-8-16-12(2)19-11-20-16/h4-6,9,11,14,18H,3,7-8,10H2,1-2H3. The van der Waals surface area contributed by atoms with Crippen LogP contribution in [-0.4, -0.2) is 18.1 Å². The number of nitrogens with one attached hydrogen (secondary N) is 1. The monoisotopic (exact) mass is 308 g/mol. The van der Waals surface area contributed by atoms with Crippen molar-refractivity contribution in [1.82, 2.24) is 10.3 Å². The highest BCUT2D eigenvalue weighted by molar-refractivity contribution is 7.09. The average molecular weight is 309 g/mol. The van der Waals surface area contributed by atoms with Crippen molar-refractivity contribution in [2.24, 2.45) is 0 Å². The lowest BCUT2D eigenvalue weighted by Gasteiger charge is -2.18. The molecule has 0 aliphatic carbocycles. The Labute approximate surface area is 130 Å². The van der Waals surface area contributed by atoms with Gasteiger partial charge >= 0.3 is 0 Å². The highest BCUT2D eigenvalue weighted by atomic mass is 35.5. The van der Waals surface area contributed by atoms with Crippen LogP contribution in [-0.2, 0) is 6.42 Å². The minimum absolute atomic E-state index is 0.496. The second-order valence-electron chi connectivity index (χ2n) is 4.96. The number of rotatable bonds is 7. The molecule has 0 fully saturated rings. The van der Waals surface area contributed by atoms with E-state index in [-0.39, 0.29) is 0 Å². The number of aryl methyl sites for hydroxylation is 2. The molecule has 2 aromatic rings. The van der Waals surface area contributed by atoms with E-state index in [1.165, 1.54) is 16.1 Å². The highest BCUT2D eigenvalue weighted by Gasteiger charge is 2.13. The zero-order valence-electron chi connectivity index (χ0n) is 12.0. The van der Waals surface area contributed by atoms with E-state index in [0.717, 1.165) is 31.0 Å². The summed E-state index contributed by atoms with van der Waals surface area (Å²) in [6.07, 6.45) is 2.20. The van der Waals surface area contributed by atoms with Gasteiger partial charge in [-0.15, -0.1) is 11.3 Å². The third-order valence-electron chi connectivity index (χ3n) is 3.53. The molecule has 0 radical (unpaired) electrons. The number of halogens is 1. The van der Waals surface area contributed by atoms with Gasteiger partial charge in [-0.25, -0.2) is 4.98 Å². The average Bonchev–Trinajstić information content (AvgIpc) is 2.84. The van der Waals surface area contributed by atoms with Gasteiger partial charge in [0.15, 0.2) is 0 Å². The largest absolute Gasteiger partial charge is 0.316 e. The Morgan fingerprint density at radius 2 is 2.25 bits per heavy atom. The van der Waals surface area contributed by atoms with Gasteiger partial charge < -0.3 is 5.32 Å². The highest BCUT2D eigenvalue weighted by Crippen LogP contribution is 2.25. The van der Waals surface area contributed by atoms with Crippen molar-refractivity contribution in [3.8, 4) is 0 Å². The number of nitrogens with zero attached hydrogens (tertiary/aromatic N) is 1. The summed E-state index contributed by atoms with van der Waals surface area (Å²) in [6, 6.07) is 8.23. The molecule has 1 unspecified atom stereocenters. The Morgan fingerprint density at radius 3 is 2.90 bits per heavy atom. The van der Waals surface area contributed by atoms with Crippen molar-refractivity contribution in [3.05, 3.63) is 50.9 Å². The zero-order valence-corrected chi connectivity index (χ0v) is 13.6. The Balaban J connectivity index is 2.05. The molecule has 1 atom stereocenters. The fraction of sp³-hybridized carbons (Fsp3) is 0.438. The third-order valence-corrected chi connectivity index (χ3v) is 4.76. The predicted octanol–water partition coefficient (Wildman–Crippen LogP) is 4.43. The minimum Gasteiger partial charge on any atom is -0.316 e. The van der Waals surface area contributed by atoms with Gasteiger partial charge in [0, 0.05) is 16.4 Å². The van der Waals surface area contributed by atoms with Crippen LogP contribution in [0.15, 0.2) is 29.8 Å². The van der Waals surface area contributed by atoms with Crippen LogP contribution in [0.5, 0.6) is 0 Å². The molecule has 0 saturated carbocycles. The van der Waals surface area contributed by atoms with Crippen LogP contribution >= 0.6 is 22.9 Å². The molecule has 1 heterocycles. The van der Waals surface area contributed by atoms with Gasteiger partial charge in [0.05, 0.1) is 11.2 Å². The van der Waals surface area contributed by atoms with E-state index in [1.54, 1.807) is 11.3 Å². The van der Waals surface area contributed by atoms with E-state index in [1.807, 2.05) is 17.6 Å². The van der Waals surface area contributed by atoms with Crippen molar-refractivity contribution < 1.29 is 0 Å². The van der Waals surface area contributed by atoms with Crippen molar-refractivity contribution in [2.75, 3.05) is 13.1 Å². The summed E-state index contributed by atoms with van der Waals surface area (Å²) in [5.74, 6) is 0.496. The Morgan fingerprint density at radius 1 is 1.40 bits per heavy atom. The van der Waals surface area contributed by atoms with Crippen LogP contribution in [0.25, 0.3) is 0 Å². The molecule has 4 heteroatoms. The van der Waals surface area contributed by atoms with Crippen molar-refractivity contribution in [1.29, 1.82) is 0 Å². The van der Waals surface area contributed by atoms with Crippen molar-refractivity contribution in [2.45, 2.75) is 32.6 Å². The Hall–Kier alpha value is -0.900. The number of benzene rings is 1. The zero-order chi connectivity index (χ0) is 14.4. The molecule has 1 aromatic heterocycles. The van der Waals surface area contributed by atoms with Gasteiger partial charge in [-0.3, -0.25) is 0 Å². The molecule has 2 rings (SSSR count). The molecule has 0 saturated heterocycles. The fourth-order valence-electron chi connectivity index (χ4n) is 2.34. The van der Waals surface area contributed by atoms with Crippen LogP contribution < -0.4 is 5.32 Å². The molecule has 1 N–H and O–H groups in total. The SMILES string of the molecule is CCNCC(CCc1scnc1C)c1cccc(Cl)c1. The van der Waals surface area contributed by atoms with E-state index in [4.69, 9.17) is 11.6 Å². The molecule has 20 heavy (non-hydrogen) atoms. The molecule has 2 nitrogen and oxygen atoms in total. The number of hydrogen-bond acceptors (Lipinski definition) is 3. The summed E-state index contributed by atoms with van der Waals surface area (Å²) in [6.45, 7) is 6.22. The molecular weight excluding hydrogens is 288 g/mol. The molecule has 0 spiro atoms. The summed E-state index contributed by atoms with van der Waals surface area (Å²) < 4.78 is 0. The number of likely N-dealkylation sites (N-methyl/N-ethyl adjacent to an activating group) is 1. The molecule has 108 valence electrons. The van der Waals surface area contributed by atoms with Crippen LogP contribution in [0.1, 0.15) is 35.4 Å². The van der Waals surface area contributed by atoms with Crippen LogP contribution in [0, 0.1) is 6.92 Å². The summed E-state index contributed by atoms with van der Waals surface area (Å²) in [5.41, 5.74) is 4.42. The first kappa shape index (κ1) is 15.5. The van der Waals surface area contributed by atoms with Gasteiger partial charge in [0.1, 0.15) is 0 Å². The van der Waals surface area contributed by atoms with Gasteiger partial charge in [-0.2, -0.15) is 0 Å².